The highest BCUT2D eigenvalue weighted by molar-refractivity contribution is 5.86. The van der Waals surface area contributed by atoms with Gasteiger partial charge in [0.2, 0.25) is 17.7 Å². The quantitative estimate of drug-likeness (QED) is 0.440. The third-order valence-corrected chi connectivity index (χ3v) is 1.06. The van der Waals surface area contributed by atoms with Crippen molar-refractivity contribution in [1.82, 2.24) is 5.32 Å². The van der Waals surface area contributed by atoms with Crippen molar-refractivity contribution >= 4 is 17.7 Å². The highest BCUT2D eigenvalue weighted by Gasteiger charge is 2.03. The largest absolute Gasteiger partial charge is 0.370 e. The summed E-state index contributed by atoms with van der Waals surface area (Å²) in [4.78, 5) is 31.1. The third kappa shape index (κ3) is 6.53. The first kappa shape index (κ1) is 10.4. The van der Waals surface area contributed by atoms with Gasteiger partial charge >= 0.3 is 0 Å². The van der Waals surface area contributed by atoms with E-state index in [-0.39, 0.29) is 19.4 Å². The normalized spacial score (nSPS) is 9.00. The van der Waals surface area contributed by atoms with Gasteiger partial charge in [-0.3, -0.25) is 14.4 Å². The van der Waals surface area contributed by atoms with Gasteiger partial charge in [-0.15, -0.1) is 0 Å². The number of primary amides is 2. The molecule has 0 aliphatic heterocycles. The van der Waals surface area contributed by atoms with Crippen molar-refractivity contribution in [2.75, 3.05) is 6.54 Å². The molecule has 0 spiro atoms. The molecular weight excluding hydrogens is 162 g/mol. The molecule has 0 saturated carbocycles. The lowest BCUT2D eigenvalue weighted by Gasteiger charge is -1.99. The Bertz CT molecular complexity index is 182. The van der Waals surface area contributed by atoms with E-state index in [1.807, 2.05) is 0 Å². The maximum Gasteiger partial charge on any atom is 0.236 e. The standard InChI is InChI=1S/C6H11N3O3/c7-4(10)1-2-6(12)9-3-5(8)11/h1-3H2,(H2,7,10)(H2,8,11)(H,9,12). The first-order chi connectivity index (χ1) is 5.52. The first-order valence-corrected chi connectivity index (χ1v) is 3.35. The topological polar surface area (TPSA) is 115 Å². The number of carbonyl (C=O) groups is 3. The van der Waals surface area contributed by atoms with Gasteiger partial charge in [0.15, 0.2) is 0 Å². The molecule has 0 aliphatic carbocycles. The smallest absolute Gasteiger partial charge is 0.236 e. The summed E-state index contributed by atoms with van der Waals surface area (Å²) < 4.78 is 0. The molecule has 68 valence electrons. The van der Waals surface area contributed by atoms with E-state index < -0.39 is 17.7 Å². The van der Waals surface area contributed by atoms with Gasteiger partial charge in [-0.05, 0) is 0 Å². The van der Waals surface area contributed by atoms with Gasteiger partial charge in [-0.25, -0.2) is 0 Å². The van der Waals surface area contributed by atoms with Crippen molar-refractivity contribution in [3.05, 3.63) is 0 Å². The van der Waals surface area contributed by atoms with E-state index in [1.54, 1.807) is 0 Å². The molecule has 0 aliphatic rings. The van der Waals surface area contributed by atoms with Crippen LogP contribution in [0.2, 0.25) is 0 Å². The lowest BCUT2D eigenvalue weighted by atomic mass is 10.3. The van der Waals surface area contributed by atoms with Crippen LogP contribution >= 0.6 is 0 Å². The minimum absolute atomic E-state index is 0.0113. The first-order valence-electron chi connectivity index (χ1n) is 3.35. The summed E-state index contributed by atoms with van der Waals surface area (Å²) in [5.74, 6) is -1.58. The van der Waals surface area contributed by atoms with E-state index in [0.29, 0.717) is 0 Å². The monoisotopic (exact) mass is 173 g/mol. The summed E-state index contributed by atoms with van der Waals surface area (Å²) in [6.07, 6.45) is -0.0345. The van der Waals surface area contributed by atoms with Crippen LogP contribution in [-0.2, 0) is 14.4 Å². The number of carbonyl (C=O) groups excluding carboxylic acids is 3. The van der Waals surface area contributed by atoms with Crippen LogP contribution in [0.3, 0.4) is 0 Å². The zero-order chi connectivity index (χ0) is 9.56. The fraction of sp³-hybridized carbons (Fsp3) is 0.500. The van der Waals surface area contributed by atoms with Crippen molar-refractivity contribution in [2.24, 2.45) is 11.5 Å². The van der Waals surface area contributed by atoms with Crippen LogP contribution < -0.4 is 16.8 Å². The molecule has 0 atom stereocenters. The van der Waals surface area contributed by atoms with E-state index in [0.717, 1.165) is 0 Å². The third-order valence-electron chi connectivity index (χ3n) is 1.06. The van der Waals surface area contributed by atoms with Gasteiger partial charge < -0.3 is 16.8 Å². The zero-order valence-corrected chi connectivity index (χ0v) is 6.50. The van der Waals surface area contributed by atoms with Gasteiger partial charge in [0.05, 0.1) is 6.54 Å². The molecule has 0 radical (unpaired) electrons. The van der Waals surface area contributed by atoms with E-state index in [4.69, 9.17) is 11.5 Å². The van der Waals surface area contributed by atoms with Gasteiger partial charge in [-0.1, -0.05) is 0 Å². The molecule has 0 fully saturated rings. The van der Waals surface area contributed by atoms with Crippen LogP contribution in [0.25, 0.3) is 0 Å². The van der Waals surface area contributed by atoms with Crippen molar-refractivity contribution in [3.63, 3.8) is 0 Å². The van der Waals surface area contributed by atoms with Crippen LogP contribution in [0.1, 0.15) is 12.8 Å². The second-order valence-electron chi connectivity index (χ2n) is 2.21. The predicted molar refractivity (Wildman–Crippen MR) is 40.6 cm³/mol. The van der Waals surface area contributed by atoms with E-state index in [9.17, 15) is 14.4 Å². The predicted octanol–water partition coefficient (Wildman–Crippen LogP) is -2.15. The van der Waals surface area contributed by atoms with Gasteiger partial charge in [0.25, 0.3) is 0 Å². The molecule has 0 aromatic heterocycles. The Hall–Kier alpha value is -1.59. The fourth-order valence-electron chi connectivity index (χ4n) is 0.511. The molecule has 5 N–H and O–H groups in total. The lowest BCUT2D eigenvalue weighted by Crippen LogP contribution is -2.33. The molecule has 0 aromatic carbocycles. The molecule has 0 unspecified atom stereocenters. The number of amides is 3. The van der Waals surface area contributed by atoms with Gasteiger partial charge in [0, 0.05) is 12.8 Å². The summed E-state index contributed by atoms with van der Waals surface area (Å²) in [6.45, 7) is -0.211. The molecular formula is C6H11N3O3. The highest BCUT2D eigenvalue weighted by atomic mass is 16.2. The zero-order valence-electron chi connectivity index (χ0n) is 6.50. The van der Waals surface area contributed by atoms with Crippen LogP contribution in [0.4, 0.5) is 0 Å². The Morgan fingerprint density at radius 1 is 1.00 bits per heavy atom. The molecule has 0 rings (SSSR count). The Morgan fingerprint density at radius 3 is 2.00 bits per heavy atom. The maximum absolute atomic E-state index is 10.7. The molecule has 3 amide bonds. The second kappa shape index (κ2) is 5.11. The summed E-state index contributed by atoms with van der Waals surface area (Å²) in [5, 5.41) is 2.22. The number of hydrogen-bond acceptors (Lipinski definition) is 3. The number of rotatable bonds is 5. The van der Waals surface area contributed by atoms with Crippen molar-refractivity contribution < 1.29 is 14.4 Å². The average Bonchev–Trinajstić information content (AvgIpc) is 1.96. The molecule has 0 aromatic rings. The van der Waals surface area contributed by atoms with Crippen LogP contribution in [0.15, 0.2) is 0 Å². The molecule has 0 saturated heterocycles. The summed E-state index contributed by atoms with van der Waals surface area (Å²) in [5.41, 5.74) is 9.54. The molecule has 6 nitrogen and oxygen atoms in total. The molecule has 12 heavy (non-hydrogen) atoms. The Morgan fingerprint density at radius 2 is 1.58 bits per heavy atom. The minimum Gasteiger partial charge on any atom is -0.370 e. The minimum atomic E-state index is -0.623. The Labute approximate surface area is 69.3 Å². The Kier molecular flexibility index (Phi) is 4.43. The maximum atomic E-state index is 10.7. The summed E-state index contributed by atoms with van der Waals surface area (Å²) in [7, 11) is 0. The number of nitrogens with one attached hydrogen (secondary N) is 1. The van der Waals surface area contributed by atoms with Crippen molar-refractivity contribution in [2.45, 2.75) is 12.8 Å². The van der Waals surface area contributed by atoms with E-state index in [1.165, 1.54) is 0 Å². The van der Waals surface area contributed by atoms with Crippen LogP contribution in [0.5, 0.6) is 0 Å². The SMILES string of the molecule is NC(=O)CCC(=O)NCC(N)=O. The second-order valence-corrected chi connectivity index (χ2v) is 2.21. The van der Waals surface area contributed by atoms with Crippen molar-refractivity contribution in [1.29, 1.82) is 0 Å². The van der Waals surface area contributed by atoms with E-state index >= 15 is 0 Å². The van der Waals surface area contributed by atoms with Gasteiger partial charge in [0.1, 0.15) is 0 Å². The van der Waals surface area contributed by atoms with Crippen LogP contribution in [-0.4, -0.2) is 24.3 Å². The molecule has 6 heteroatoms. The van der Waals surface area contributed by atoms with Crippen molar-refractivity contribution in [3.8, 4) is 0 Å². The van der Waals surface area contributed by atoms with Crippen LogP contribution in [0, 0.1) is 0 Å². The molecule has 0 bridgehead atoms. The average molecular weight is 173 g/mol. The molecule has 0 heterocycles. The lowest BCUT2D eigenvalue weighted by molar-refractivity contribution is -0.126. The van der Waals surface area contributed by atoms with Gasteiger partial charge in [-0.2, -0.15) is 0 Å². The highest BCUT2D eigenvalue weighted by Crippen LogP contribution is 1.85. The number of hydrogen-bond donors (Lipinski definition) is 3. The van der Waals surface area contributed by atoms with E-state index in [2.05, 4.69) is 5.32 Å². The summed E-state index contributed by atoms with van der Waals surface area (Å²) >= 11 is 0. The number of nitrogens with two attached hydrogens (primary N) is 2. The fourth-order valence-corrected chi connectivity index (χ4v) is 0.511. The Balaban J connectivity index is 3.47. The summed E-state index contributed by atoms with van der Waals surface area (Å²) in [6, 6.07) is 0.